The molecule has 0 radical (unpaired) electrons. The predicted octanol–water partition coefficient (Wildman–Crippen LogP) is 16.0. The molecule has 6 aromatic carbocycles. The van der Waals surface area contributed by atoms with E-state index in [9.17, 15) is 14.7 Å². The van der Waals surface area contributed by atoms with Gasteiger partial charge in [0.2, 0.25) is 11.8 Å². The number of aryl methyl sites for hydroxylation is 5. The van der Waals surface area contributed by atoms with Gasteiger partial charge in [-0.15, -0.1) is 11.3 Å². The van der Waals surface area contributed by atoms with Crippen molar-refractivity contribution < 1.29 is 29.3 Å². The number of amides is 2. The number of phenolic OH excluding ortho intramolecular Hbond substituents is 2. The van der Waals surface area contributed by atoms with E-state index >= 15 is 0 Å². The number of carbonyl (C=O) groups excluding carboxylic acids is 2. The zero-order valence-corrected chi connectivity index (χ0v) is 64.0. The van der Waals surface area contributed by atoms with Gasteiger partial charge in [0, 0.05) is 109 Å². The summed E-state index contributed by atoms with van der Waals surface area (Å²) >= 11 is 27.0. The highest BCUT2D eigenvalue weighted by molar-refractivity contribution is 9.12. The number of anilines is 7. The van der Waals surface area contributed by atoms with Crippen molar-refractivity contribution in [2.45, 2.75) is 67.9 Å². The predicted molar refractivity (Wildman–Crippen MR) is 408 cm³/mol. The van der Waals surface area contributed by atoms with Crippen molar-refractivity contribution in [3.63, 3.8) is 0 Å². The van der Waals surface area contributed by atoms with E-state index < -0.39 is 0 Å². The van der Waals surface area contributed by atoms with E-state index in [0.717, 1.165) is 150 Å². The first-order valence-electron chi connectivity index (χ1n) is 29.6. The fourth-order valence-corrected chi connectivity index (χ4v) is 15.2. The highest BCUT2D eigenvalue weighted by atomic mass is 79.9. The van der Waals surface area contributed by atoms with Crippen LogP contribution in [0, 0.1) is 34.6 Å². The number of aromatic nitrogens is 3. The molecule has 0 atom stereocenters. The van der Waals surface area contributed by atoms with Crippen molar-refractivity contribution >= 4 is 186 Å². The number of fused-ring (bicyclic) bond motifs is 2. The first kappa shape index (κ1) is 76.1. The number of benzene rings is 6. The van der Waals surface area contributed by atoms with Gasteiger partial charge in [0.1, 0.15) is 22.8 Å². The summed E-state index contributed by atoms with van der Waals surface area (Å²) < 4.78 is 18.3. The number of hydrogen-bond donors (Lipinski definition) is 7. The molecule has 3 aliphatic rings. The molecule has 18 nitrogen and oxygen atoms in total. The number of piperazine rings is 1. The maximum atomic E-state index is 12.2. The van der Waals surface area contributed by atoms with Crippen molar-refractivity contribution in [1.29, 1.82) is 0 Å². The summed E-state index contributed by atoms with van der Waals surface area (Å²) in [5.41, 5.74) is 29.1. The molecular weight excluding hydrogens is 1610 g/mol. The van der Waals surface area contributed by atoms with Crippen molar-refractivity contribution in [3.8, 4) is 17.5 Å². The highest BCUT2D eigenvalue weighted by Crippen LogP contribution is 2.39. The number of phenols is 2. The summed E-state index contributed by atoms with van der Waals surface area (Å²) in [4.78, 5) is 47.0. The molecule has 26 heteroatoms. The van der Waals surface area contributed by atoms with Gasteiger partial charge in [-0.3, -0.25) is 14.5 Å². The number of ether oxygens (including phenoxy) is 2. The number of rotatable bonds is 10. The van der Waals surface area contributed by atoms with Crippen LogP contribution < -0.4 is 42.4 Å². The molecule has 0 aliphatic carbocycles. The fraction of sp³-hybridized carbons (Fsp3) is 0.313. The quantitative estimate of drug-likeness (QED) is 0.0221. The van der Waals surface area contributed by atoms with Crippen LogP contribution in [0.3, 0.4) is 0 Å². The van der Waals surface area contributed by atoms with Crippen molar-refractivity contribution in [1.82, 2.24) is 24.8 Å². The van der Waals surface area contributed by atoms with Gasteiger partial charge in [-0.2, -0.15) is 9.97 Å². The van der Waals surface area contributed by atoms with E-state index in [1.165, 1.54) is 29.7 Å². The number of nitrogens with two attached hydrogens (primary N) is 3. The SMILES string of the molecule is C=CC(=O)N1CCN(c2nc(OCCCN3CCOCC3)nc3c2CCN(c2cc(O)cc4sc(C)nc24)C3)CC1.CC(=O)Nc1c(Br)cc(C)cc1Br.CC(=S)Nc1c(Br)cc(C)cc1Br.Cc1cc(Br)c(N)c(Br)c1.Cc1ccc(N)cc1.Nc1ccc(O)cc1. The number of carbonyl (C=O) groups is 2. The molecule has 0 saturated carbocycles. The first-order valence-corrected chi connectivity index (χ1v) is 35.5. The lowest BCUT2D eigenvalue weighted by molar-refractivity contribution is -0.126. The number of aromatic hydroxyl groups is 2. The van der Waals surface area contributed by atoms with Gasteiger partial charge < -0.3 is 62.2 Å². The number of nitrogen functional groups attached to an aromatic ring is 3. The van der Waals surface area contributed by atoms with Crippen LogP contribution in [0.5, 0.6) is 17.5 Å². The van der Waals surface area contributed by atoms with Crippen molar-refractivity contribution in [2.24, 2.45) is 0 Å². The lowest BCUT2D eigenvalue weighted by atomic mass is 10.0. The Morgan fingerprint density at radius 2 is 1.19 bits per heavy atom. The Morgan fingerprint density at radius 1 is 0.667 bits per heavy atom. The largest absolute Gasteiger partial charge is 0.508 e. The molecule has 8 aromatic rings. The van der Waals surface area contributed by atoms with Gasteiger partial charge >= 0.3 is 6.01 Å². The molecule has 0 unspecified atom stereocenters. The first-order chi connectivity index (χ1) is 44.2. The fourth-order valence-electron chi connectivity index (χ4n) is 9.56. The third kappa shape index (κ3) is 24.3. The van der Waals surface area contributed by atoms with Crippen LogP contribution in [-0.4, -0.2) is 124 Å². The third-order valence-electron chi connectivity index (χ3n) is 14.1. The van der Waals surface area contributed by atoms with Gasteiger partial charge in [-0.05, 0) is 252 Å². The van der Waals surface area contributed by atoms with Gasteiger partial charge in [0.05, 0.1) is 69.5 Å². The smallest absolute Gasteiger partial charge is 0.318 e. The highest BCUT2D eigenvalue weighted by Gasteiger charge is 2.30. The van der Waals surface area contributed by atoms with Crippen LogP contribution in [-0.2, 0) is 27.3 Å². The Balaban J connectivity index is 0.000000213. The van der Waals surface area contributed by atoms with Crippen LogP contribution >= 0.6 is 119 Å². The Hall–Kier alpha value is -5.94. The molecule has 496 valence electrons. The Kier molecular flexibility index (Phi) is 30.6. The number of morpholine rings is 1. The van der Waals surface area contributed by atoms with Gasteiger partial charge in [0.25, 0.3) is 0 Å². The molecule has 0 bridgehead atoms. The van der Waals surface area contributed by atoms with Crippen molar-refractivity contribution in [2.75, 3.05) is 110 Å². The number of halogens is 6. The molecule has 2 saturated heterocycles. The third-order valence-corrected chi connectivity index (χ3v) is 19.0. The summed E-state index contributed by atoms with van der Waals surface area (Å²) in [6.45, 7) is 26.0. The Morgan fingerprint density at radius 3 is 1.70 bits per heavy atom. The number of nitrogens with one attached hydrogen (secondary N) is 2. The number of thiazole rings is 1. The minimum atomic E-state index is -0.0785. The zero-order chi connectivity index (χ0) is 68.1. The lowest BCUT2D eigenvalue weighted by Crippen LogP contribution is -2.49. The van der Waals surface area contributed by atoms with Gasteiger partial charge in [-0.1, -0.05) is 36.5 Å². The number of hydrogen-bond acceptors (Lipinski definition) is 17. The average molecular weight is 1690 g/mol. The average Bonchev–Trinajstić information content (AvgIpc) is 1.74. The zero-order valence-electron chi connectivity index (χ0n) is 52.9. The topological polar surface area (TPSA) is 247 Å². The maximum absolute atomic E-state index is 12.2. The molecule has 3 aliphatic heterocycles. The summed E-state index contributed by atoms with van der Waals surface area (Å²) in [5.74, 6) is 1.27. The van der Waals surface area contributed by atoms with Crippen LogP contribution in [0.15, 0.2) is 137 Å². The molecule has 10 N–H and O–H groups in total. The standard InChI is InChI=1S/C29H37N7O4S.C9H9Br2NO.C9H9Br2NS.C7H7Br2N.C7H9N.C6H7NO/c1-3-26(38)34-8-10-35(11-9-34)28-22-5-7-36(24-17-21(37)18-25-27(24)30-20(2)41-25)19-23(22)31-29(32-28)40-14-4-6-33-12-15-39-16-13-33;2*1-5-3-7(10)9(8(11)4-5)12-6(2)13;1-4-2-5(8)7(10)6(9)3-4;1-6-2-4-7(8)5-3-6;7-5-1-3-6(8)4-2-5/h3,17-18,37H,1,4-16,19H2,2H3;2*3-4H,1-2H3,(H,12,13);2-3H,10H2,1H3;2-5H,8H2,1H3;1-4,8H,7H2. The molecule has 5 heterocycles. The van der Waals surface area contributed by atoms with E-state index in [0.29, 0.717) is 51.0 Å². The molecule has 11 rings (SSSR count). The second-order valence-electron chi connectivity index (χ2n) is 21.9. The van der Waals surface area contributed by atoms with E-state index in [4.69, 9.17) is 59.0 Å². The van der Waals surface area contributed by atoms with Crippen LogP contribution in [0.2, 0.25) is 0 Å². The second-order valence-corrected chi connectivity index (χ2v) is 28.8. The Bertz CT molecular complexity index is 3630. The minimum absolute atomic E-state index is 0.0380. The second kappa shape index (κ2) is 37.4. The lowest BCUT2D eigenvalue weighted by Gasteiger charge is -2.38. The summed E-state index contributed by atoms with van der Waals surface area (Å²) in [5, 5.41) is 26.0. The van der Waals surface area contributed by atoms with E-state index in [-0.39, 0.29) is 23.3 Å². The van der Waals surface area contributed by atoms with E-state index in [1.54, 1.807) is 47.7 Å². The Labute approximate surface area is 604 Å². The summed E-state index contributed by atoms with van der Waals surface area (Å²) in [6, 6.07) is 30.1. The van der Waals surface area contributed by atoms with Crippen LogP contribution in [0.4, 0.5) is 39.9 Å². The molecule has 2 aromatic heterocycles. The molecule has 2 fully saturated rings. The number of nitrogens with zero attached hydrogens (tertiary/aromatic N) is 7. The molecule has 93 heavy (non-hydrogen) atoms. The van der Waals surface area contributed by atoms with Crippen LogP contribution in [0.25, 0.3) is 10.2 Å². The maximum Gasteiger partial charge on any atom is 0.318 e. The summed E-state index contributed by atoms with van der Waals surface area (Å²) in [7, 11) is 0. The molecule has 2 amide bonds. The summed E-state index contributed by atoms with van der Waals surface area (Å²) in [6.07, 6.45) is 3.02. The minimum Gasteiger partial charge on any atom is -0.508 e. The van der Waals surface area contributed by atoms with E-state index in [1.807, 2.05) is 107 Å². The number of thiocarbonyl (C=S) groups is 1. The van der Waals surface area contributed by atoms with Crippen LogP contribution in [0.1, 0.15) is 58.8 Å². The molecule has 0 spiro atoms. The monoisotopic (exact) mass is 1680 g/mol. The van der Waals surface area contributed by atoms with Gasteiger partial charge in [0.15, 0.2) is 0 Å². The molecular formula is C67H78Br6N12O6S2. The van der Waals surface area contributed by atoms with Crippen molar-refractivity contribution in [3.05, 3.63) is 175 Å². The van der Waals surface area contributed by atoms with Gasteiger partial charge in [-0.25, -0.2) is 4.98 Å². The van der Waals surface area contributed by atoms with E-state index in [2.05, 4.69) is 127 Å². The normalized spacial score (nSPS) is 13.3.